The van der Waals surface area contributed by atoms with Crippen LogP contribution in [-0.2, 0) is 14.8 Å². The van der Waals surface area contributed by atoms with Crippen molar-refractivity contribution < 1.29 is 13.2 Å². The first kappa shape index (κ1) is 14.4. The van der Waals surface area contributed by atoms with Gasteiger partial charge < -0.3 is 4.90 Å². The number of nitrogens with zero attached hydrogens (tertiary/aromatic N) is 1. The Kier molecular flexibility index (Phi) is 4.94. The van der Waals surface area contributed by atoms with E-state index in [2.05, 4.69) is 4.72 Å². The average molecular weight is 262 g/mol. The molecule has 0 aromatic rings. The van der Waals surface area contributed by atoms with Crippen molar-refractivity contribution in [2.75, 3.05) is 13.1 Å². The van der Waals surface area contributed by atoms with Crippen molar-refractivity contribution in [1.82, 2.24) is 9.62 Å². The van der Waals surface area contributed by atoms with Gasteiger partial charge in [-0.1, -0.05) is 0 Å². The summed E-state index contributed by atoms with van der Waals surface area (Å²) in [7, 11) is -3.38. The topological polar surface area (TPSA) is 66.5 Å². The van der Waals surface area contributed by atoms with Crippen molar-refractivity contribution in [2.45, 2.75) is 51.3 Å². The SMILES string of the molecule is CC(NS(=O)(=O)C(C)C)C(=O)N1CCCCC1. The minimum absolute atomic E-state index is 0.117. The third-order valence-electron chi connectivity index (χ3n) is 3.00. The number of hydrogen-bond acceptors (Lipinski definition) is 3. The lowest BCUT2D eigenvalue weighted by atomic mass is 10.1. The van der Waals surface area contributed by atoms with Crippen LogP contribution in [0.15, 0.2) is 0 Å². The second-order valence-electron chi connectivity index (χ2n) is 4.82. The normalized spacial score (nSPS) is 19.4. The molecule has 0 spiro atoms. The molecular weight excluding hydrogens is 240 g/mol. The summed E-state index contributed by atoms with van der Waals surface area (Å²) in [6, 6.07) is -0.666. The fourth-order valence-corrected chi connectivity index (χ4v) is 2.69. The number of rotatable bonds is 4. The number of piperidine rings is 1. The summed E-state index contributed by atoms with van der Waals surface area (Å²) in [5.74, 6) is -0.117. The van der Waals surface area contributed by atoms with Gasteiger partial charge in [0, 0.05) is 13.1 Å². The summed E-state index contributed by atoms with van der Waals surface area (Å²) in [5.41, 5.74) is 0. The van der Waals surface area contributed by atoms with Gasteiger partial charge in [-0.05, 0) is 40.0 Å². The largest absolute Gasteiger partial charge is 0.341 e. The monoisotopic (exact) mass is 262 g/mol. The molecule has 0 saturated carbocycles. The fraction of sp³-hybridized carbons (Fsp3) is 0.909. The van der Waals surface area contributed by atoms with Gasteiger partial charge in [0.2, 0.25) is 15.9 Å². The zero-order valence-corrected chi connectivity index (χ0v) is 11.6. The number of sulfonamides is 1. The van der Waals surface area contributed by atoms with Crippen LogP contribution < -0.4 is 4.72 Å². The van der Waals surface area contributed by atoms with E-state index < -0.39 is 21.3 Å². The Hall–Kier alpha value is -0.620. The summed E-state index contributed by atoms with van der Waals surface area (Å²) in [6.07, 6.45) is 3.17. The third-order valence-corrected chi connectivity index (χ3v) is 4.92. The molecule has 0 radical (unpaired) electrons. The summed E-state index contributed by atoms with van der Waals surface area (Å²) >= 11 is 0. The van der Waals surface area contributed by atoms with Crippen LogP contribution in [0.1, 0.15) is 40.0 Å². The Morgan fingerprint density at radius 1 is 1.12 bits per heavy atom. The lowest BCUT2D eigenvalue weighted by Crippen LogP contribution is -2.49. The van der Waals surface area contributed by atoms with Gasteiger partial charge in [-0.2, -0.15) is 0 Å². The number of carbonyl (C=O) groups is 1. The number of carbonyl (C=O) groups excluding carboxylic acids is 1. The predicted molar refractivity (Wildman–Crippen MR) is 67.1 cm³/mol. The van der Waals surface area contributed by atoms with Crippen molar-refractivity contribution in [3.8, 4) is 0 Å². The third kappa shape index (κ3) is 3.96. The Balaban J connectivity index is 2.58. The lowest BCUT2D eigenvalue weighted by molar-refractivity contribution is -0.133. The molecule has 0 aromatic carbocycles. The number of hydrogen-bond donors (Lipinski definition) is 1. The standard InChI is InChI=1S/C11H22N2O3S/c1-9(2)17(15,16)12-10(3)11(14)13-7-5-4-6-8-13/h9-10,12H,4-8H2,1-3H3. The summed E-state index contributed by atoms with van der Waals surface area (Å²) in [4.78, 5) is 13.7. The number of nitrogens with one attached hydrogen (secondary N) is 1. The quantitative estimate of drug-likeness (QED) is 0.811. The summed E-state index contributed by atoms with van der Waals surface area (Å²) in [5, 5.41) is -0.515. The molecule has 0 bridgehead atoms. The van der Waals surface area contributed by atoms with Crippen LogP contribution >= 0.6 is 0 Å². The predicted octanol–water partition coefficient (Wildman–Crippen LogP) is 0.715. The first-order chi connectivity index (χ1) is 7.84. The highest BCUT2D eigenvalue weighted by Gasteiger charge is 2.26. The molecule has 0 aliphatic carbocycles. The molecule has 5 nitrogen and oxygen atoms in total. The van der Waals surface area contributed by atoms with Crippen molar-refractivity contribution in [3.63, 3.8) is 0 Å². The van der Waals surface area contributed by atoms with Crippen LogP contribution in [0.5, 0.6) is 0 Å². The molecule has 1 atom stereocenters. The van der Waals surface area contributed by atoms with Gasteiger partial charge >= 0.3 is 0 Å². The Bertz CT molecular complexity index is 359. The Labute approximate surface area is 104 Å². The molecule has 1 heterocycles. The van der Waals surface area contributed by atoms with E-state index in [0.29, 0.717) is 0 Å². The van der Waals surface area contributed by atoms with E-state index in [1.54, 1.807) is 25.7 Å². The van der Waals surface area contributed by atoms with Crippen LogP contribution in [0.3, 0.4) is 0 Å². The van der Waals surface area contributed by atoms with Gasteiger partial charge in [0.25, 0.3) is 0 Å². The van der Waals surface area contributed by atoms with Crippen LogP contribution in [0.25, 0.3) is 0 Å². The summed E-state index contributed by atoms with van der Waals surface area (Å²) in [6.45, 7) is 6.29. The smallest absolute Gasteiger partial charge is 0.240 e. The number of amides is 1. The first-order valence-electron chi connectivity index (χ1n) is 6.14. The van der Waals surface area contributed by atoms with Crippen molar-refractivity contribution >= 4 is 15.9 Å². The molecule has 1 amide bonds. The lowest BCUT2D eigenvalue weighted by Gasteiger charge is -2.29. The van der Waals surface area contributed by atoms with Crippen molar-refractivity contribution in [2.24, 2.45) is 0 Å². The molecule has 1 unspecified atom stereocenters. The maximum absolute atomic E-state index is 12.0. The highest BCUT2D eigenvalue weighted by atomic mass is 32.2. The van der Waals surface area contributed by atoms with Crippen LogP contribution in [0, 0.1) is 0 Å². The van der Waals surface area contributed by atoms with Gasteiger partial charge in [0.1, 0.15) is 0 Å². The highest BCUT2D eigenvalue weighted by Crippen LogP contribution is 2.10. The molecule has 1 rings (SSSR count). The molecule has 1 saturated heterocycles. The van der Waals surface area contributed by atoms with Gasteiger partial charge in [-0.3, -0.25) is 4.79 Å². The molecule has 1 N–H and O–H groups in total. The van der Waals surface area contributed by atoms with Gasteiger partial charge in [0.15, 0.2) is 0 Å². The molecule has 17 heavy (non-hydrogen) atoms. The highest BCUT2D eigenvalue weighted by molar-refractivity contribution is 7.90. The second kappa shape index (κ2) is 5.82. The molecule has 1 aliphatic heterocycles. The molecule has 6 heteroatoms. The van der Waals surface area contributed by atoms with E-state index in [4.69, 9.17) is 0 Å². The molecular formula is C11H22N2O3S. The van der Waals surface area contributed by atoms with Crippen LogP contribution in [-0.4, -0.2) is 43.6 Å². The van der Waals surface area contributed by atoms with Crippen LogP contribution in [0.2, 0.25) is 0 Å². The van der Waals surface area contributed by atoms with Gasteiger partial charge in [0.05, 0.1) is 11.3 Å². The molecule has 100 valence electrons. The summed E-state index contributed by atoms with van der Waals surface area (Å²) < 4.78 is 25.7. The Morgan fingerprint density at radius 2 is 1.65 bits per heavy atom. The average Bonchev–Trinajstić information content (AvgIpc) is 2.28. The molecule has 1 fully saturated rings. The number of likely N-dealkylation sites (tertiary alicyclic amines) is 1. The maximum atomic E-state index is 12.0. The Morgan fingerprint density at radius 3 is 2.12 bits per heavy atom. The van der Waals surface area contributed by atoms with Gasteiger partial charge in [-0.25, -0.2) is 13.1 Å². The van der Waals surface area contributed by atoms with E-state index in [9.17, 15) is 13.2 Å². The minimum Gasteiger partial charge on any atom is -0.341 e. The van der Waals surface area contributed by atoms with Gasteiger partial charge in [-0.15, -0.1) is 0 Å². The zero-order valence-electron chi connectivity index (χ0n) is 10.8. The van der Waals surface area contributed by atoms with Crippen molar-refractivity contribution in [3.05, 3.63) is 0 Å². The van der Waals surface area contributed by atoms with E-state index in [1.807, 2.05) is 0 Å². The van der Waals surface area contributed by atoms with E-state index in [0.717, 1.165) is 32.4 Å². The molecule has 0 aromatic heterocycles. The molecule has 1 aliphatic rings. The zero-order chi connectivity index (χ0) is 13.1. The minimum atomic E-state index is -3.38. The van der Waals surface area contributed by atoms with E-state index in [1.165, 1.54) is 0 Å². The van der Waals surface area contributed by atoms with Crippen LogP contribution in [0.4, 0.5) is 0 Å². The van der Waals surface area contributed by atoms with Crippen molar-refractivity contribution in [1.29, 1.82) is 0 Å². The first-order valence-corrected chi connectivity index (χ1v) is 7.69. The van der Waals surface area contributed by atoms with E-state index in [-0.39, 0.29) is 5.91 Å². The fourth-order valence-electron chi connectivity index (χ4n) is 1.82. The second-order valence-corrected chi connectivity index (χ2v) is 7.09. The van der Waals surface area contributed by atoms with E-state index >= 15 is 0 Å². The maximum Gasteiger partial charge on any atom is 0.240 e.